The van der Waals surface area contributed by atoms with Crippen LogP contribution in [-0.2, 0) is 9.59 Å². The van der Waals surface area contributed by atoms with Crippen LogP contribution >= 0.6 is 0 Å². The van der Waals surface area contributed by atoms with Crippen molar-refractivity contribution in [1.82, 2.24) is 0 Å². The second-order valence-corrected chi connectivity index (χ2v) is 8.20. The van der Waals surface area contributed by atoms with Gasteiger partial charge in [-0.3, -0.25) is 14.5 Å². The zero-order valence-electron chi connectivity index (χ0n) is 19.4. The van der Waals surface area contributed by atoms with E-state index in [0.29, 0.717) is 34.9 Å². The molecule has 1 unspecified atom stereocenters. The summed E-state index contributed by atoms with van der Waals surface area (Å²) in [5.41, 5.74) is 1.64. The summed E-state index contributed by atoms with van der Waals surface area (Å²) >= 11 is 0. The monoisotopic (exact) mass is 457 g/mol. The van der Waals surface area contributed by atoms with E-state index in [-0.39, 0.29) is 17.4 Å². The van der Waals surface area contributed by atoms with Crippen LogP contribution in [0.15, 0.2) is 84.4 Å². The van der Waals surface area contributed by atoms with E-state index in [0.717, 1.165) is 0 Å². The number of aliphatic hydroxyl groups is 1. The third-order valence-corrected chi connectivity index (χ3v) is 5.44. The number of aliphatic hydroxyl groups excluding tert-OH is 1. The Bertz CT molecular complexity index is 1230. The van der Waals surface area contributed by atoms with Crippen molar-refractivity contribution in [2.75, 3.05) is 11.5 Å². The highest BCUT2D eigenvalue weighted by molar-refractivity contribution is 6.51. The first-order valence-electron chi connectivity index (χ1n) is 11.3. The number of carbonyl (C=O) groups excluding carboxylic acids is 2. The summed E-state index contributed by atoms with van der Waals surface area (Å²) in [5, 5.41) is 11.3. The van der Waals surface area contributed by atoms with Crippen molar-refractivity contribution < 1.29 is 24.2 Å². The minimum atomic E-state index is -0.822. The van der Waals surface area contributed by atoms with Gasteiger partial charge in [-0.15, -0.1) is 0 Å². The number of rotatable bonds is 7. The minimum Gasteiger partial charge on any atom is -0.507 e. The van der Waals surface area contributed by atoms with Gasteiger partial charge in [-0.25, -0.2) is 0 Å². The first kappa shape index (κ1) is 23.1. The van der Waals surface area contributed by atoms with Crippen molar-refractivity contribution in [3.63, 3.8) is 0 Å². The second kappa shape index (κ2) is 9.83. The summed E-state index contributed by atoms with van der Waals surface area (Å²) in [7, 11) is 0. The number of ketones is 1. The Morgan fingerprint density at radius 2 is 1.65 bits per heavy atom. The number of ether oxygens (including phenoxy) is 2. The molecule has 6 heteroatoms. The molecule has 1 atom stereocenters. The average Bonchev–Trinajstić information content (AvgIpc) is 3.10. The van der Waals surface area contributed by atoms with Gasteiger partial charge in [0, 0.05) is 11.3 Å². The number of carbonyl (C=O) groups is 2. The van der Waals surface area contributed by atoms with Gasteiger partial charge >= 0.3 is 0 Å². The smallest absolute Gasteiger partial charge is 0.300 e. The summed E-state index contributed by atoms with van der Waals surface area (Å²) in [4.78, 5) is 27.9. The Hall–Kier alpha value is -4.06. The number of hydrogen-bond acceptors (Lipinski definition) is 5. The zero-order chi connectivity index (χ0) is 24.2. The molecule has 1 heterocycles. The van der Waals surface area contributed by atoms with E-state index in [2.05, 4.69) is 0 Å². The molecule has 3 aromatic rings. The maximum Gasteiger partial charge on any atom is 0.300 e. The van der Waals surface area contributed by atoms with Crippen molar-refractivity contribution >= 4 is 23.1 Å². The van der Waals surface area contributed by atoms with E-state index < -0.39 is 17.7 Å². The van der Waals surface area contributed by atoms with Crippen molar-refractivity contribution in [1.29, 1.82) is 0 Å². The van der Waals surface area contributed by atoms with E-state index in [9.17, 15) is 14.7 Å². The third-order valence-electron chi connectivity index (χ3n) is 5.44. The van der Waals surface area contributed by atoms with Crippen molar-refractivity contribution in [2.45, 2.75) is 32.9 Å². The van der Waals surface area contributed by atoms with Crippen LogP contribution in [0.4, 0.5) is 5.69 Å². The molecule has 1 amide bonds. The standard InChI is InChI=1S/C28H27NO5/c1-4-33-22-14-8-10-19(16-22)25-24(26(30)20-11-9-15-23(17-20)34-18(2)3)27(31)28(32)29(25)21-12-6-5-7-13-21/h5-18,25,30H,4H2,1-3H3/b26-24-. The van der Waals surface area contributed by atoms with Gasteiger partial charge < -0.3 is 14.6 Å². The minimum absolute atomic E-state index is 0.0178. The highest BCUT2D eigenvalue weighted by atomic mass is 16.5. The number of amides is 1. The third kappa shape index (κ3) is 4.53. The Morgan fingerprint density at radius 3 is 2.35 bits per heavy atom. The van der Waals surface area contributed by atoms with Crippen LogP contribution in [0.2, 0.25) is 0 Å². The van der Waals surface area contributed by atoms with Gasteiger partial charge in [0.05, 0.1) is 24.3 Å². The SMILES string of the molecule is CCOc1cccc(C2/C(=C(/O)c3cccc(OC(C)C)c3)C(=O)C(=O)N2c2ccccc2)c1. The molecule has 4 rings (SSSR count). The lowest BCUT2D eigenvalue weighted by Gasteiger charge is -2.25. The Balaban J connectivity index is 1.90. The molecule has 1 saturated heterocycles. The predicted octanol–water partition coefficient (Wildman–Crippen LogP) is 5.50. The molecule has 1 aliphatic heterocycles. The average molecular weight is 458 g/mol. The van der Waals surface area contributed by atoms with Crippen LogP contribution in [-0.4, -0.2) is 29.5 Å². The molecule has 1 N–H and O–H groups in total. The topological polar surface area (TPSA) is 76.1 Å². The fraction of sp³-hybridized carbons (Fsp3) is 0.214. The van der Waals surface area contributed by atoms with Gasteiger partial charge in [0.25, 0.3) is 11.7 Å². The lowest BCUT2D eigenvalue weighted by molar-refractivity contribution is -0.132. The fourth-order valence-corrected chi connectivity index (χ4v) is 4.09. The summed E-state index contributed by atoms with van der Waals surface area (Å²) in [6, 6.07) is 22.3. The molecular weight excluding hydrogens is 430 g/mol. The molecule has 0 spiro atoms. The van der Waals surface area contributed by atoms with Crippen LogP contribution in [0, 0.1) is 0 Å². The van der Waals surface area contributed by atoms with Gasteiger partial charge in [-0.05, 0) is 62.7 Å². The Kier molecular flexibility index (Phi) is 6.68. The van der Waals surface area contributed by atoms with Crippen LogP contribution in [0.1, 0.15) is 37.9 Å². The van der Waals surface area contributed by atoms with Gasteiger partial charge in [-0.1, -0.05) is 42.5 Å². The molecule has 6 nitrogen and oxygen atoms in total. The maximum absolute atomic E-state index is 13.3. The number of nitrogens with zero attached hydrogens (tertiary/aromatic N) is 1. The first-order valence-corrected chi connectivity index (χ1v) is 11.3. The molecule has 0 bridgehead atoms. The summed E-state index contributed by atoms with van der Waals surface area (Å²) in [5.74, 6) is -0.521. The van der Waals surface area contributed by atoms with E-state index in [1.54, 1.807) is 54.6 Å². The molecule has 1 fully saturated rings. The molecule has 34 heavy (non-hydrogen) atoms. The highest BCUT2D eigenvalue weighted by Crippen LogP contribution is 2.43. The Labute approximate surface area is 199 Å². The number of anilines is 1. The lowest BCUT2D eigenvalue weighted by atomic mass is 9.95. The van der Waals surface area contributed by atoms with Crippen LogP contribution in [0.5, 0.6) is 11.5 Å². The van der Waals surface area contributed by atoms with Crippen LogP contribution < -0.4 is 14.4 Å². The predicted molar refractivity (Wildman–Crippen MR) is 131 cm³/mol. The lowest BCUT2D eigenvalue weighted by Crippen LogP contribution is -2.29. The summed E-state index contributed by atoms with van der Waals surface area (Å²) < 4.78 is 11.4. The number of Topliss-reactive ketones (excluding diaryl/α,β-unsaturated/α-hetero) is 1. The van der Waals surface area contributed by atoms with Crippen LogP contribution in [0.25, 0.3) is 5.76 Å². The molecule has 1 aliphatic rings. The van der Waals surface area contributed by atoms with Gasteiger partial charge in [-0.2, -0.15) is 0 Å². The number of hydrogen-bond donors (Lipinski definition) is 1. The quantitative estimate of drug-likeness (QED) is 0.288. The van der Waals surface area contributed by atoms with Crippen LogP contribution in [0.3, 0.4) is 0 Å². The molecule has 3 aromatic carbocycles. The number of benzene rings is 3. The maximum atomic E-state index is 13.3. The molecule has 174 valence electrons. The van der Waals surface area contributed by atoms with Crippen molar-refractivity contribution in [3.8, 4) is 11.5 Å². The zero-order valence-corrected chi connectivity index (χ0v) is 19.4. The van der Waals surface area contributed by atoms with Gasteiger partial charge in [0.15, 0.2) is 0 Å². The summed E-state index contributed by atoms with van der Waals surface area (Å²) in [6.07, 6.45) is -0.0534. The molecule has 0 radical (unpaired) electrons. The molecule has 0 aromatic heterocycles. The van der Waals surface area contributed by atoms with E-state index >= 15 is 0 Å². The van der Waals surface area contributed by atoms with Gasteiger partial charge in [0.1, 0.15) is 17.3 Å². The largest absolute Gasteiger partial charge is 0.507 e. The highest BCUT2D eigenvalue weighted by Gasteiger charge is 2.47. The molecule has 0 saturated carbocycles. The van der Waals surface area contributed by atoms with E-state index in [1.165, 1.54) is 4.90 Å². The van der Waals surface area contributed by atoms with E-state index in [4.69, 9.17) is 9.47 Å². The summed E-state index contributed by atoms with van der Waals surface area (Å²) in [6.45, 7) is 6.17. The first-order chi connectivity index (χ1) is 16.4. The van der Waals surface area contributed by atoms with Crippen molar-refractivity contribution in [2.24, 2.45) is 0 Å². The molecular formula is C28H27NO5. The number of para-hydroxylation sites is 1. The second-order valence-electron chi connectivity index (χ2n) is 8.20. The molecule has 0 aliphatic carbocycles. The fourth-order valence-electron chi connectivity index (χ4n) is 4.09. The Morgan fingerprint density at radius 1 is 0.941 bits per heavy atom. The normalized spacial score (nSPS) is 17.3. The van der Waals surface area contributed by atoms with Crippen molar-refractivity contribution in [3.05, 3.63) is 95.6 Å². The van der Waals surface area contributed by atoms with Gasteiger partial charge in [0.2, 0.25) is 0 Å². The van der Waals surface area contributed by atoms with E-state index in [1.807, 2.05) is 45.0 Å².